The van der Waals surface area contributed by atoms with E-state index >= 15 is 0 Å². The molecule has 1 aromatic carbocycles. The molecule has 2 atom stereocenters. The first-order valence-electron chi connectivity index (χ1n) is 8.65. The molecule has 1 amide bonds. The highest BCUT2D eigenvalue weighted by Gasteiger charge is 2.30. The van der Waals surface area contributed by atoms with Gasteiger partial charge in [-0.3, -0.25) is 4.79 Å². The molecule has 0 radical (unpaired) electrons. The molecule has 25 heavy (non-hydrogen) atoms. The third kappa shape index (κ3) is 6.01. The van der Waals surface area contributed by atoms with E-state index in [1.54, 1.807) is 0 Å². The van der Waals surface area contributed by atoms with Crippen molar-refractivity contribution in [2.45, 2.75) is 63.4 Å². The molecule has 0 saturated heterocycles. The Balaban J connectivity index is 1.84. The number of carbonyl (C=O) groups is 1. The number of nitrogens with two attached hydrogens (primary N) is 1. The summed E-state index contributed by atoms with van der Waals surface area (Å²) in [5, 5.41) is 12.5. The van der Waals surface area contributed by atoms with Crippen LogP contribution in [0.3, 0.4) is 0 Å². The number of carbonyl (C=O) groups excluding carboxylic acids is 1. The van der Waals surface area contributed by atoms with Crippen LogP contribution in [0.4, 0.5) is 13.2 Å². The summed E-state index contributed by atoms with van der Waals surface area (Å²) in [7, 11) is 0. The highest BCUT2D eigenvalue weighted by Crippen LogP contribution is 2.29. The van der Waals surface area contributed by atoms with E-state index in [2.05, 4.69) is 5.32 Å². The molecule has 2 rings (SSSR count). The zero-order valence-corrected chi connectivity index (χ0v) is 14.1. The molecule has 0 aromatic heterocycles. The molecule has 1 aromatic rings. The molecular formula is C18H25F3N2O2. The third-order valence-corrected chi connectivity index (χ3v) is 4.73. The number of aliphatic hydroxyl groups excluding tert-OH is 1. The predicted molar refractivity (Wildman–Crippen MR) is 88.5 cm³/mol. The molecule has 140 valence electrons. The topological polar surface area (TPSA) is 75.3 Å². The Labute approximate surface area is 145 Å². The van der Waals surface area contributed by atoms with Gasteiger partial charge in [-0.25, -0.2) is 0 Å². The normalized spacial score (nSPS) is 18.6. The molecule has 7 heteroatoms. The standard InChI is InChI=1S/C18H25F3N2O2/c19-18(20,21)14-8-4-7-13(9-14)11-23-17(25)16(24)15(22)10-12-5-2-1-3-6-12/h4,7-9,12,15-16,24H,1-3,5-6,10-11,22H2,(H,23,25). The molecule has 1 aliphatic rings. The number of halogens is 3. The van der Waals surface area contributed by atoms with Crippen LogP contribution < -0.4 is 11.1 Å². The first-order valence-corrected chi connectivity index (χ1v) is 8.65. The van der Waals surface area contributed by atoms with Gasteiger partial charge in [0.1, 0.15) is 6.10 Å². The Bertz CT molecular complexity index is 572. The van der Waals surface area contributed by atoms with Gasteiger partial charge < -0.3 is 16.2 Å². The molecular weight excluding hydrogens is 333 g/mol. The SMILES string of the molecule is NC(CC1CCCCC1)C(O)C(=O)NCc1cccc(C(F)(F)F)c1. The number of benzene rings is 1. The smallest absolute Gasteiger partial charge is 0.382 e. The third-order valence-electron chi connectivity index (χ3n) is 4.73. The van der Waals surface area contributed by atoms with Crippen LogP contribution in [0.15, 0.2) is 24.3 Å². The van der Waals surface area contributed by atoms with Crippen molar-refractivity contribution < 1.29 is 23.1 Å². The largest absolute Gasteiger partial charge is 0.416 e. The van der Waals surface area contributed by atoms with Crippen LogP contribution in [0.25, 0.3) is 0 Å². The van der Waals surface area contributed by atoms with Crippen LogP contribution in [0, 0.1) is 5.92 Å². The van der Waals surface area contributed by atoms with E-state index in [1.165, 1.54) is 18.6 Å². The Kier molecular flexibility index (Phi) is 6.84. The minimum atomic E-state index is -4.43. The Morgan fingerprint density at radius 3 is 2.60 bits per heavy atom. The highest BCUT2D eigenvalue weighted by atomic mass is 19.4. The maximum Gasteiger partial charge on any atom is 0.416 e. The molecule has 0 spiro atoms. The minimum Gasteiger partial charge on any atom is -0.382 e. The average molecular weight is 358 g/mol. The lowest BCUT2D eigenvalue weighted by Crippen LogP contribution is -2.47. The van der Waals surface area contributed by atoms with E-state index in [1.807, 2.05) is 0 Å². The average Bonchev–Trinajstić information content (AvgIpc) is 2.59. The van der Waals surface area contributed by atoms with Gasteiger partial charge in [-0.2, -0.15) is 13.2 Å². The number of hydrogen-bond donors (Lipinski definition) is 3. The van der Waals surface area contributed by atoms with Gasteiger partial charge in [0.2, 0.25) is 0 Å². The molecule has 1 fully saturated rings. The molecule has 1 saturated carbocycles. The summed E-state index contributed by atoms with van der Waals surface area (Å²) in [6.07, 6.45) is 0.433. The molecule has 4 N–H and O–H groups in total. The van der Waals surface area contributed by atoms with Crippen molar-refractivity contribution in [1.29, 1.82) is 0 Å². The number of hydrogen-bond acceptors (Lipinski definition) is 3. The van der Waals surface area contributed by atoms with Gasteiger partial charge in [0.15, 0.2) is 0 Å². The maximum atomic E-state index is 12.7. The van der Waals surface area contributed by atoms with Gasteiger partial charge >= 0.3 is 6.18 Å². The van der Waals surface area contributed by atoms with E-state index in [9.17, 15) is 23.1 Å². The first-order chi connectivity index (χ1) is 11.8. The summed E-state index contributed by atoms with van der Waals surface area (Å²) in [6, 6.07) is 4.07. The maximum absolute atomic E-state index is 12.7. The van der Waals surface area contributed by atoms with Gasteiger partial charge in [-0.1, -0.05) is 44.2 Å². The molecule has 1 aliphatic carbocycles. The van der Waals surface area contributed by atoms with Crippen LogP contribution in [0.5, 0.6) is 0 Å². The number of rotatable bonds is 6. The van der Waals surface area contributed by atoms with E-state index in [0.717, 1.165) is 37.8 Å². The Morgan fingerprint density at radius 1 is 1.28 bits per heavy atom. The van der Waals surface area contributed by atoms with Gasteiger partial charge in [0.25, 0.3) is 5.91 Å². The van der Waals surface area contributed by atoms with Crippen molar-refractivity contribution in [1.82, 2.24) is 5.32 Å². The second-order valence-corrected chi connectivity index (χ2v) is 6.76. The summed E-state index contributed by atoms with van der Waals surface area (Å²) in [6.45, 7) is -0.0873. The number of aliphatic hydroxyl groups is 1. The molecule has 0 aliphatic heterocycles. The fourth-order valence-corrected chi connectivity index (χ4v) is 3.28. The summed E-state index contributed by atoms with van der Waals surface area (Å²) in [5.41, 5.74) is 5.49. The lowest BCUT2D eigenvalue weighted by molar-refractivity contribution is -0.137. The first kappa shape index (κ1) is 19.7. The number of amides is 1. The second kappa shape index (κ2) is 8.67. The van der Waals surface area contributed by atoms with Crippen LogP contribution >= 0.6 is 0 Å². The Hall–Kier alpha value is -1.60. The summed E-state index contributed by atoms with van der Waals surface area (Å²) in [4.78, 5) is 12.0. The second-order valence-electron chi connectivity index (χ2n) is 6.76. The quantitative estimate of drug-likeness (QED) is 0.732. The van der Waals surface area contributed by atoms with Crippen molar-refractivity contribution in [2.75, 3.05) is 0 Å². The van der Waals surface area contributed by atoms with Crippen molar-refractivity contribution >= 4 is 5.91 Å². The van der Waals surface area contributed by atoms with Crippen molar-refractivity contribution in [3.05, 3.63) is 35.4 Å². The molecule has 0 bridgehead atoms. The van der Waals surface area contributed by atoms with Gasteiger partial charge in [0.05, 0.1) is 5.56 Å². The molecule has 2 unspecified atom stereocenters. The zero-order chi connectivity index (χ0) is 18.4. The number of alkyl halides is 3. The van der Waals surface area contributed by atoms with Gasteiger partial charge in [-0.15, -0.1) is 0 Å². The predicted octanol–water partition coefficient (Wildman–Crippen LogP) is 2.98. The number of nitrogens with one attached hydrogen (secondary N) is 1. The molecule has 4 nitrogen and oxygen atoms in total. The van der Waals surface area contributed by atoms with Crippen LogP contribution in [-0.4, -0.2) is 23.2 Å². The van der Waals surface area contributed by atoms with Crippen molar-refractivity contribution in [3.63, 3.8) is 0 Å². The van der Waals surface area contributed by atoms with Crippen molar-refractivity contribution in [3.8, 4) is 0 Å². The fraction of sp³-hybridized carbons (Fsp3) is 0.611. The summed E-state index contributed by atoms with van der Waals surface area (Å²) < 4.78 is 38.0. The van der Waals surface area contributed by atoms with Crippen molar-refractivity contribution in [2.24, 2.45) is 11.7 Å². The highest BCUT2D eigenvalue weighted by molar-refractivity contribution is 5.81. The molecule has 0 heterocycles. The van der Waals surface area contributed by atoms with Crippen LogP contribution in [0.1, 0.15) is 49.7 Å². The fourth-order valence-electron chi connectivity index (χ4n) is 3.28. The van der Waals surface area contributed by atoms with E-state index in [4.69, 9.17) is 5.73 Å². The van der Waals surface area contributed by atoms with Gasteiger partial charge in [-0.05, 0) is 30.0 Å². The van der Waals surface area contributed by atoms with E-state index in [-0.39, 0.29) is 6.54 Å². The van der Waals surface area contributed by atoms with E-state index < -0.39 is 29.8 Å². The zero-order valence-electron chi connectivity index (χ0n) is 14.1. The van der Waals surface area contributed by atoms with Gasteiger partial charge in [0, 0.05) is 12.6 Å². The van der Waals surface area contributed by atoms with Crippen LogP contribution in [0.2, 0.25) is 0 Å². The van der Waals surface area contributed by atoms with Crippen LogP contribution in [-0.2, 0) is 17.5 Å². The Morgan fingerprint density at radius 2 is 1.96 bits per heavy atom. The summed E-state index contributed by atoms with van der Waals surface area (Å²) in [5.74, 6) is -0.226. The summed E-state index contributed by atoms with van der Waals surface area (Å²) >= 11 is 0. The minimum absolute atomic E-state index is 0.0873. The van der Waals surface area contributed by atoms with E-state index in [0.29, 0.717) is 17.9 Å². The lowest BCUT2D eigenvalue weighted by atomic mass is 9.84. The monoisotopic (exact) mass is 358 g/mol. The lowest BCUT2D eigenvalue weighted by Gasteiger charge is -2.26.